The zero-order valence-electron chi connectivity index (χ0n) is 22.9. The third-order valence-electron chi connectivity index (χ3n) is 6.31. The molecule has 1 atom stereocenters. The Hall–Kier alpha value is -3.34. The molecule has 3 rings (SSSR count). The van der Waals surface area contributed by atoms with Gasteiger partial charge in [-0.25, -0.2) is 12.8 Å². The standard InChI is InChI=1S/C29H32Cl2FN3O5S/c1-4-16-33-29(37)27(5-2)34(18-20-6-15-25(30)26(31)17-20)28(36)19-35(22-9-7-21(32)8-10-22)41(38,39)24-13-11-23(40-3)12-14-24/h6-15,17,27H,4-5,16,18-19H2,1-3H3,(H,33,37)/t27-/m1/s1. The van der Waals surface area contributed by atoms with E-state index in [1.54, 1.807) is 25.1 Å². The normalized spacial score (nSPS) is 12.0. The summed E-state index contributed by atoms with van der Waals surface area (Å²) < 4.78 is 47.5. The quantitative estimate of drug-likeness (QED) is 0.265. The lowest BCUT2D eigenvalue weighted by Crippen LogP contribution is -2.52. The topological polar surface area (TPSA) is 96.0 Å². The third kappa shape index (κ3) is 8.12. The number of carbonyl (C=O) groups is 2. The smallest absolute Gasteiger partial charge is 0.264 e. The molecule has 0 radical (unpaired) electrons. The van der Waals surface area contributed by atoms with Gasteiger partial charge in [0.05, 0.1) is 27.7 Å². The molecule has 2 amide bonds. The van der Waals surface area contributed by atoms with Gasteiger partial charge in [0.1, 0.15) is 24.2 Å². The zero-order valence-corrected chi connectivity index (χ0v) is 25.3. The van der Waals surface area contributed by atoms with Crippen molar-refractivity contribution >= 4 is 50.7 Å². The van der Waals surface area contributed by atoms with E-state index >= 15 is 0 Å². The minimum atomic E-state index is -4.30. The molecule has 0 spiro atoms. The largest absolute Gasteiger partial charge is 0.497 e. The summed E-state index contributed by atoms with van der Waals surface area (Å²) in [5.41, 5.74) is 0.675. The monoisotopic (exact) mass is 623 g/mol. The summed E-state index contributed by atoms with van der Waals surface area (Å²) in [7, 11) is -2.85. The fourth-order valence-electron chi connectivity index (χ4n) is 4.13. The lowest BCUT2D eigenvalue weighted by molar-refractivity contribution is -0.140. The second-order valence-corrected chi connectivity index (χ2v) is 11.8. The molecule has 0 bridgehead atoms. The van der Waals surface area contributed by atoms with Gasteiger partial charge in [-0.1, -0.05) is 43.1 Å². The van der Waals surface area contributed by atoms with Crippen LogP contribution in [0.5, 0.6) is 5.75 Å². The summed E-state index contributed by atoms with van der Waals surface area (Å²) in [5, 5.41) is 3.42. The van der Waals surface area contributed by atoms with Crippen LogP contribution in [0.15, 0.2) is 71.6 Å². The highest BCUT2D eigenvalue weighted by Gasteiger charge is 2.33. The van der Waals surface area contributed by atoms with Crippen LogP contribution in [0.3, 0.4) is 0 Å². The van der Waals surface area contributed by atoms with Crippen LogP contribution in [0.2, 0.25) is 10.0 Å². The predicted octanol–water partition coefficient (Wildman–Crippen LogP) is 5.67. The van der Waals surface area contributed by atoms with Gasteiger partial charge in [0.2, 0.25) is 11.8 Å². The summed E-state index contributed by atoms with van der Waals surface area (Å²) in [6.07, 6.45) is 0.964. The number of halogens is 3. The van der Waals surface area contributed by atoms with Crippen LogP contribution in [0, 0.1) is 5.82 Å². The molecule has 0 aliphatic heterocycles. The lowest BCUT2D eigenvalue weighted by atomic mass is 10.1. The van der Waals surface area contributed by atoms with Crippen molar-refractivity contribution in [3.05, 3.63) is 88.2 Å². The Balaban J connectivity index is 2.06. The molecule has 0 fully saturated rings. The molecule has 220 valence electrons. The Morgan fingerprint density at radius 1 is 0.976 bits per heavy atom. The zero-order chi connectivity index (χ0) is 30.2. The summed E-state index contributed by atoms with van der Waals surface area (Å²) in [5.74, 6) is -1.13. The van der Waals surface area contributed by atoms with Crippen molar-refractivity contribution in [3.63, 3.8) is 0 Å². The molecule has 12 heteroatoms. The summed E-state index contributed by atoms with van der Waals surface area (Å²) in [4.78, 5) is 28.3. The van der Waals surface area contributed by atoms with Gasteiger partial charge in [-0.05, 0) is 79.1 Å². The van der Waals surface area contributed by atoms with Crippen molar-refractivity contribution in [2.75, 3.05) is 24.5 Å². The van der Waals surface area contributed by atoms with Crippen LogP contribution in [0.1, 0.15) is 32.3 Å². The third-order valence-corrected chi connectivity index (χ3v) is 8.84. The molecule has 41 heavy (non-hydrogen) atoms. The molecular weight excluding hydrogens is 592 g/mol. The second kappa shape index (κ2) is 14.5. The molecule has 0 unspecified atom stereocenters. The molecule has 3 aromatic rings. The molecule has 0 heterocycles. The van der Waals surface area contributed by atoms with Crippen molar-refractivity contribution in [3.8, 4) is 5.75 Å². The van der Waals surface area contributed by atoms with E-state index in [1.165, 1.54) is 48.4 Å². The van der Waals surface area contributed by atoms with Crippen LogP contribution in [0.25, 0.3) is 0 Å². The number of carbonyl (C=O) groups excluding carboxylic acids is 2. The van der Waals surface area contributed by atoms with E-state index in [9.17, 15) is 22.4 Å². The Morgan fingerprint density at radius 3 is 2.20 bits per heavy atom. The summed E-state index contributed by atoms with van der Waals surface area (Å²) in [6.45, 7) is 3.39. The number of benzene rings is 3. The number of nitrogens with one attached hydrogen (secondary N) is 1. The number of hydrogen-bond acceptors (Lipinski definition) is 5. The maximum atomic E-state index is 14.0. The van der Waals surface area contributed by atoms with Crippen molar-refractivity contribution in [2.45, 2.75) is 44.2 Å². The summed E-state index contributed by atoms with van der Waals surface area (Å²) in [6, 6.07) is 14.4. The van der Waals surface area contributed by atoms with Gasteiger partial charge in [0, 0.05) is 13.1 Å². The van der Waals surface area contributed by atoms with Crippen LogP contribution in [-0.4, -0.2) is 51.4 Å². The second-order valence-electron chi connectivity index (χ2n) is 9.15. The van der Waals surface area contributed by atoms with Gasteiger partial charge in [-0.2, -0.15) is 0 Å². The van der Waals surface area contributed by atoms with E-state index in [1.807, 2.05) is 6.92 Å². The molecule has 0 saturated heterocycles. The van der Waals surface area contributed by atoms with Crippen LogP contribution in [-0.2, 0) is 26.2 Å². The average Bonchev–Trinajstić information content (AvgIpc) is 2.96. The fraction of sp³-hybridized carbons (Fsp3) is 0.310. The van der Waals surface area contributed by atoms with E-state index in [-0.39, 0.29) is 34.5 Å². The molecule has 3 aromatic carbocycles. The number of ether oxygens (including phenoxy) is 1. The predicted molar refractivity (Wildman–Crippen MR) is 158 cm³/mol. The number of rotatable bonds is 13. The maximum Gasteiger partial charge on any atom is 0.264 e. The lowest BCUT2D eigenvalue weighted by Gasteiger charge is -2.33. The highest BCUT2D eigenvalue weighted by molar-refractivity contribution is 7.92. The molecule has 0 aliphatic rings. The van der Waals surface area contributed by atoms with E-state index in [2.05, 4.69) is 5.32 Å². The highest BCUT2D eigenvalue weighted by atomic mass is 35.5. The first kappa shape index (κ1) is 32.2. The molecule has 1 N–H and O–H groups in total. The average molecular weight is 625 g/mol. The molecule has 0 saturated carbocycles. The first-order valence-electron chi connectivity index (χ1n) is 12.9. The minimum absolute atomic E-state index is 0.0341. The molecule has 8 nitrogen and oxygen atoms in total. The highest BCUT2D eigenvalue weighted by Crippen LogP contribution is 2.27. The number of methoxy groups -OCH3 is 1. The Labute approximate surface area is 250 Å². The van der Waals surface area contributed by atoms with Gasteiger partial charge in [0.25, 0.3) is 10.0 Å². The van der Waals surface area contributed by atoms with Gasteiger partial charge in [0.15, 0.2) is 0 Å². The van der Waals surface area contributed by atoms with E-state index in [0.29, 0.717) is 29.3 Å². The first-order chi connectivity index (χ1) is 19.5. The SMILES string of the molecule is CCCNC(=O)[C@@H](CC)N(Cc1ccc(Cl)c(Cl)c1)C(=O)CN(c1ccc(F)cc1)S(=O)(=O)c1ccc(OC)cc1. The van der Waals surface area contributed by atoms with Crippen LogP contribution < -0.4 is 14.4 Å². The van der Waals surface area contributed by atoms with E-state index in [4.69, 9.17) is 27.9 Å². The number of anilines is 1. The van der Waals surface area contributed by atoms with Crippen LogP contribution >= 0.6 is 23.2 Å². The van der Waals surface area contributed by atoms with Gasteiger partial charge < -0.3 is 15.0 Å². The number of hydrogen-bond donors (Lipinski definition) is 1. The van der Waals surface area contributed by atoms with Gasteiger partial charge in [-0.3, -0.25) is 13.9 Å². The number of sulfonamides is 1. The Morgan fingerprint density at radius 2 is 1.63 bits per heavy atom. The fourth-order valence-corrected chi connectivity index (χ4v) is 5.87. The van der Waals surface area contributed by atoms with Crippen molar-refractivity contribution in [1.82, 2.24) is 10.2 Å². The van der Waals surface area contributed by atoms with Gasteiger partial charge in [-0.15, -0.1) is 0 Å². The maximum absolute atomic E-state index is 14.0. The molecular formula is C29H32Cl2FN3O5S. The van der Waals surface area contributed by atoms with Crippen LogP contribution in [0.4, 0.5) is 10.1 Å². The molecule has 0 aliphatic carbocycles. The number of amides is 2. The van der Waals surface area contributed by atoms with Crippen molar-refractivity contribution in [1.29, 1.82) is 0 Å². The van der Waals surface area contributed by atoms with E-state index in [0.717, 1.165) is 16.4 Å². The number of nitrogens with zero attached hydrogens (tertiary/aromatic N) is 2. The molecule has 0 aromatic heterocycles. The van der Waals surface area contributed by atoms with Crippen molar-refractivity contribution < 1.29 is 27.1 Å². The van der Waals surface area contributed by atoms with Gasteiger partial charge >= 0.3 is 0 Å². The Kier molecular flexibility index (Phi) is 11.4. The Bertz CT molecular complexity index is 1450. The van der Waals surface area contributed by atoms with E-state index < -0.39 is 34.3 Å². The van der Waals surface area contributed by atoms with Crippen molar-refractivity contribution in [2.24, 2.45) is 0 Å². The first-order valence-corrected chi connectivity index (χ1v) is 15.1. The summed E-state index contributed by atoms with van der Waals surface area (Å²) >= 11 is 12.3. The minimum Gasteiger partial charge on any atom is -0.497 e.